The summed E-state index contributed by atoms with van der Waals surface area (Å²) in [4.78, 5) is 0. The summed E-state index contributed by atoms with van der Waals surface area (Å²) < 4.78 is 0. The van der Waals surface area contributed by atoms with Crippen LogP contribution in [0.3, 0.4) is 0 Å². The molecule has 0 radical (unpaired) electrons. The van der Waals surface area contributed by atoms with Crippen molar-refractivity contribution in [1.29, 1.82) is 0 Å². The Morgan fingerprint density at radius 1 is 0.933 bits per heavy atom. The summed E-state index contributed by atoms with van der Waals surface area (Å²) in [5.41, 5.74) is 5.56. The number of hydrazine groups is 2. The first-order chi connectivity index (χ1) is 7.35. The van der Waals surface area contributed by atoms with Gasteiger partial charge in [-0.25, -0.2) is 0 Å². The predicted octanol–water partition coefficient (Wildman–Crippen LogP) is 1.42. The van der Waals surface area contributed by atoms with Crippen molar-refractivity contribution >= 4 is 0 Å². The third kappa shape index (κ3) is 10.1. The maximum absolute atomic E-state index is 5.47. The lowest BCUT2D eigenvalue weighted by Gasteiger charge is -2.14. The van der Waals surface area contributed by atoms with Crippen molar-refractivity contribution in [2.45, 2.75) is 64.3 Å². The van der Waals surface area contributed by atoms with Gasteiger partial charge in [0.15, 0.2) is 0 Å². The molecular weight excluding hydrogens is 188 g/mol. The molecule has 4 heteroatoms. The number of hydrogen-bond acceptors (Lipinski definition) is 4. The lowest BCUT2D eigenvalue weighted by molar-refractivity contribution is 0.434. The van der Waals surface area contributed by atoms with Gasteiger partial charge in [-0.3, -0.25) is 22.5 Å². The molecule has 1 atom stereocenters. The minimum Gasteiger partial charge on any atom is -0.271 e. The molecule has 1 unspecified atom stereocenters. The highest BCUT2D eigenvalue weighted by molar-refractivity contribution is 4.62. The first-order valence-corrected chi connectivity index (χ1v) is 6.24. The smallest absolute Gasteiger partial charge is 0.0210 e. The zero-order chi connectivity index (χ0) is 11.4. The van der Waals surface area contributed by atoms with Crippen molar-refractivity contribution in [3.8, 4) is 0 Å². The molecule has 0 aliphatic heterocycles. The van der Waals surface area contributed by atoms with Gasteiger partial charge < -0.3 is 0 Å². The van der Waals surface area contributed by atoms with Gasteiger partial charge in [-0.05, 0) is 19.3 Å². The number of rotatable bonds is 11. The van der Waals surface area contributed by atoms with Gasteiger partial charge in [0.1, 0.15) is 0 Å². The summed E-state index contributed by atoms with van der Waals surface area (Å²) in [6, 6.07) is 0.515. The second-order valence-electron chi connectivity index (χ2n) is 4.16. The van der Waals surface area contributed by atoms with Crippen molar-refractivity contribution in [2.24, 2.45) is 11.7 Å². The third-order valence-electron chi connectivity index (χ3n) is 2.75. The molecule has 0 spiro atoms. The summed E-state index contributed by atoms with van der Waals surface area (Å²) in [5, 5.41) is 0. The monoisotopic (exact) mass is 216 g/mol. The van der Waals surface area contributed by atoms with Crippen molar-refractivity contribution in [1.82, 2.24) is 10.9 Å². The van der Waals surface area contributed by atoms with Crippen LogP contribution in [0, 0.1) is 0 Å². The normalized spacial score (nSPS) is 13.0. The van der Waals surface area contributed by atoms with Crippen LogP contribution in [-0.2, 0) is 0 Å². The Morgan fingerprint density at radius 3 is 2.20 bits per heavy atom. The molecule has 0 aliphatic rings. The summed E-state index contributed by atoms with van der Waals surface area (Å²) in [6.45, 7) is 3.13. The Kier molecular flexibility index (Phi) is 11.8. The first-order valence-electron chi connectivity index (χ1n) is 6.24. The highest BCUT2D eigenvalue weighted by atomic mass is 15.2. The molecule has 6 N–H and O–H groups in total. The number of unbranched alkanes of at least 4 members (excludes halogenated alkanes) is 4. The van der Waals surface area contributed by atoms with E-state index in [1.807, 2.05) is 0 Å². The molecule has 0 saturated carbocycles. The third-order valence-corrected chi connectivity index (χ3v) is 2.75. The van der Waals surface area contributed by atoms with Gasteiger partial charge >= 0.3 is 0 Å². The zero-order valence-corrected chi connectivity index (χ0v) is 10.1. The topological polar surface area (TPSA) is 76.1 Å². The van der Waals surface area contributed by atoms with Crippen LogP contribution in [-0.4, -0.2) is 12.6 Å². The molecule has 15 heavy (non-hydrogen) atoms. The Labute approximate surface area is 94.1 Å². The molecule has 4 nitrogen and oxygen atoms in total. The van der Waals surface area contributed by atoms with Crippen molar-refractivity contribution in [3.63, 3.8) is 0 Å². The summed E-state index contributed by atoms with van der Waals surface area (Å²) in [7, 11) is 0. The molecular formula is C11H28N4. The molecule has 0 heterocycles. The molecule has 0 bridgehead atoms. The van der Waals surface area contributed by atoms with Gasteiger partial charge in [-0.1, -0.05) is 39.0 Å². The standard InChI is InChI=1S/C11H28N4/c1-2-8-11(15-13)9-6-4-3-5-7-10-14-12/h11,14-15H,2-10,12-13H2,1H3. The highest BCUT2D eigenvalue weighted by Gasteiger charge is 2.03. The van der Waals surface area contributed by atoms with Crippen LogP contribution in [0.2, 0.25) is 0 Å². The van der Waals surface area contributed by atoms with Gasteiger partial charge in [-0.15, -0.1) is 0 Å². The molecule has 0 aromatic heterocycles. The fraction of sp³-hybridized carbons (Fsp3) is 1.00. The summed E-state index contributed by atoms with van der Waals surface area (Å²) in [6.07, 6.45) is 9.97. The SMILES string of the molecule is CCCC(CCCCCCCNN)NN. The minimum absolute atomic E-state index is 0.515. The Bertz CT molecular complexity index is 119. The van der Waals surface area contributed by atoms with Crippen LogP contribution < -0.4 is 22.5 Å². The molecule has 0 aromatic rings. The van der Waals surface area contributed by atoms with E-state index in [0.717, 1.165) is 6.54 Å². The Morgan fingerprint density at radius 2 is 1.60 bits per heavy atom. The number of hydrogen-bond donors (Lipinski definition) is 4. The van der Waals surface area contributed by atoms with Crippen LogP contribution in [0.4, 0.5) is 0 Å². The minimum atomic E-state index is 0.515. The van der Waals surface area contributed by atoms with E-state index >= 15 is 0 Å². The largest absolute Gasteiger partial charge is 0.271 e. The maximum Gasteiger partial charge on any atom is 0.0210 e. The van der Waals surface area contributed by atoms with Crippen LogP contribution in [0.25, 0.3) is 0 Å². The lowest BCUT2D eigenvalue weighted by Crippen LogP contribution is -2.34. The van der Waals surface area contributed by atoms with Crippen LogP contribution in [0.1, 0.15) is 58.3 Å². The van der Waals surface area contributed by atoms with Gasteiger partial charge in [0.05, 0.1) is 0 Å². The average Bonchev–Trinajstić information content (AvgIpc) is 2.26. The second kappa shape index (κ2) is 11.9. The van der Waals surface area contributed by atoms with Crippen LogP contribution in [0.15, 0.2) is 0 Å². The fourth-order valence-electron chi connectivity index (χ4n) is 1.81. The maximum atomic E-state index is 5.47. The highest BCUT2D eigenvalue weighted by Crippen LogP contribution is 2.09. The summed E-state index contributed by atoms with van der Waals surface area (Å²) >= 11 is 0. The molecule has 0 amide bonds. The van der Waals surface area contributed by atoms with E-state index in [9.17, 15) is 0 Å². The zero-order valence-electron chi connectivity index (χ0n) is 10.1. The van der Waals surface area contributed by atoms with Crippen molar-refractivity contribution in [3.05, 3.63) is 0 Å². The van der Waals surface area contributed by atoms with E-state index in [0.29, 0.717) is 6.04 Å². The average molecular weight is 216 g/mol. The summed E-state index contributed by atoms with van der Waals surface area (Å²) in [5.74, 6) is 10.7. The van der Waals surface area contributed by atoms with E-state index in [1.165, 1.54) is 51.4 Å². The van der Waals surface area contributed by atoms with Crippen LogP contribution >= 0.6 is 0 Å². The molecule has 0 fully saturated rings. The van der Waals surface area contributed by atoms with E-state index in [4.69, 9.17) is 11.7 Å². The molecule has 0 aliphatic carbocycles. The van der Waals surface area contributed by atoms with E-state index < -0.39 is 0 Å². The second-order valence-corrected chi connectivity index (χ2v) is 4.16. The van der Waals surface area contributed by atoms with E-state index in [-0.39, 0.29) is 0 Å². The van der Waals surface area contributed by atoms with E-state index in [1.54, 1.807) is 0 Å². The number of nitrogens with one attached hydrogen (secondary N) is 2. The van der Waals surface area contributed by atoms with Crippen molar-refractivity contribution < 1.29 is 0 Å². The van der Waals surface area contributed by atoms with Gasteiger partial charge in [0.25, 0.3) is 0 Å². The van der Waals surface area contributed by atoms with E-state index in [2.05, 4.69) is 17.8 Å². The predicted molar refractivity (Wildman–Crippen MR) is 65.9 cm³/mol. The lowest BCUT2D eigenvalue weighted by atomic mass is 10.0. The Hall–Kier alpha value is -0.160. The number of nitrogens with two attached hydrogens (primary N) is 2. The van der Waals surface area contributed by atoms with Gasteiger partial charge in [-0.2, -0.15) is 0 Å². The van der Waals surface area contributed by atoms with Crippen molar-refractivity contribution in [2.75, 3.05) is 6.54 Å². The first kappa shape index (κ1) is 14.8. The Balaban J connectivity index is 3.14. The van der Waals surface area contributed by atoms with Crippen LogP contribution in [0.5, 0.6) is 0 Å². The molecule has 92 valence electrons. The van der Waals surface area contributed by atoms with Gasteiger partial charge in [0.2, 0.25) is 0 Å². The molecule has 0 aromatic carbocycles. The molecule has 0 rings (SSSR count). The quantitative estimate of drug-likeness (QED) is 0.239. The molecule has 0 saturated heterocycles. The van der Waals surface area contributed by atoms with Gasteiger partial charge in [0, 0.05) is 12.6 Å². The fourth-order valence-corrected chi connectivity index (χ4v) is 1.81.